The van der Waals surface area contributed by atoms with Gasteiger partial charge in [-0.2, -0.15) is 0 Å². The third kappa shape index (κ3) is 1.61. The van der Waals surface area contributed by atoms with E-state index in [0.717, 1.165) is 21.3 Å². The van der Waals surface area contributed by atoms with Crippen LogP contribution in [-0.2, 0) is 0 Å². The second-order valence-corrected chi connectivity index (χ2v) is 4.60. The fraction of sp³-hybridized carbons (Fsp3) is 0.0769. The van der Waals surface area contributed by atoms with Gasteiger partial charge in [-0.15, -0.1) is 11.8 Å². The number of aromatic nitrogens is 2. The van der Waals surface area contributed by atoms with E-state index in [1.165, 1.54) is 11.8 Å². The monoisotopic (exact) mass is 242 g/mol. The molecule has 0 aliphatic carbocycles. The molecule has 0 aliphatic rings. The third-order valence-corrected chi connectivity index (χ3v) is 3.44. The van der Waals surface area contributed by atoms with Gasteiger partial charge in [0.05, 0.1) is 10.4 Å². The normalized spacial score (nSPS) is 11.1. The molecule has 0 bridgehead atoms. The predicted molar refractivity (Wildman–Crippen MR) is 71.7 cm³/mol. The highest BCUT2D eigenvalue weighted by molar-refractivity contribution is 7.98. The van der Waals surface area contributed by atoms with Crippen molar-refractivity contribution in [3.8, 4) is 0 Å². The summed E-state index contributed by atoms with van der Waals surface area (Å²) in [7, 11) is 0. The van der Waals surface area contributed by atoms with E-state index >= 15 is 0 Å². The molecule has 0 saturated carbocycles. The zero-order valence-corrected chi connectivity index (χ0v) is 10.0. The molecule has 0 unspecified atom stereocenters. The molecular formula is C13H10N2OS. The minimum absolute atomic E-state index is 0.0589. The van der Waals surface area contributed by atoms with E-state index in [2.05, 4.69) is 9.97 Å². The zero-order chi connectivity index (χ0) is 11.8. The first-order chi connectivity index (χ1) is 8.29. The van der Waals surface area contributed by atoms with Gasteiger partial charge in [0, 0.05) is 22.5 Å². The van der Waals surface area contributed by atoms with Gasteiger partial charge >= 0.3 is 0 Å². The Labute approximate surface area is 102 Å². The van der Waals surface area contributed by atoms with Crippen molar-refractivity contribution in [1.29, 1.82) is 0 Å². The van der Waals surface area contributed by atoms with Crippen LogP contribution < -0.4 is 5.56 Å². The number of thioether (sulfide) groups is 1. The molecule has 0 aliphatic heterocycles. The van der Waals surface area contributed by atoms with Crippen molar-refractivity contribution >= 4 is 33.4 Å². The van der Waals surface area contributed by atoms with Crippen LogP contribution >= 0.6 is 11.8 Å². The number of nitrogens with one attached hydrogen (secondary N) is 1. The number of H-pyrrole nitrogens is 1. The zero-order valence-electron chi connectivity index (χ0n) is 9.23. The van der Waals surface area contributed by atoms with Gasteiger partial charge in [-0.05, 0) is 18.4 Å². The smallest absolute Gasteiger partial charge is 0.256 e. The lowest BCUT2D eigenvalue weighted by Gasteiger charge is -2.03. The molecule has 4 heteroatoms. The summed E-state index contributed by atoms with van der Waals surface area (Å²) in [6.07, 6.45) is 3.72. The van der Waals surface area contributed by atoms with Gasteiger partial charge in [-0.25, -0.2) is 4.98 Å². The van der Waals surface area contributed by atoms with E-state index in [1.54, 1.807) is 6.20 Å². The molecule has 3 rings (SSSR count). The number of para-hydroxylation sites is 1. The number of benzene rings is 1. The maximum absolute atomic E-state index is 12.0. The summed E-state index contributed by atoms with van der Waals surface area (Å²) >= 11 is 1.53. The number of fused-ring (bicyclic) bond motifs is 3. The van der Waals surface area contributed by atoms with Gasteiger partial charge in [0.2, 0.25) is 0 Å². The van der Waals surface area contributed by atoms with Crippen molar-refractivity contribution in [3.63, 3.8) is 0 Å². The van der Waals surface area contributed by atoms with E-state index < -0.39 is 0 Å². The highest BCUT2D eigenvalue weighted by atomic mass is 32.2. The maximum Gasteiger partial charge on any atom is 0.256 e. The van der Waals surface area contributed by atoms with Gasteiger partial charge in [0.1, 0.15) is 0 Å². The molecule has 0 amide bonds. The van der Waals surface area contributed by atoms with Crippen LogP contribution in [0.5, 0.6) is 0 Å². The summed E-state index contributed by atoms with van der Waals surface area (Å²) in [5.74, 6) is 0. The Morgan fingerprint density at radius 3 is 2.82 bits per heavy atom. The number of aromatic amines is 1. The SMILES string of the molecule is CSc1cc2c(=O)[nH]c3ccccc3c2cn1. The molecular weight excluding hydrogens is 232 g/mol. The summed E-state index contributed by atoms with van der Waals surface area (Å²) in [4.78, 5) is 19.2. The average molecular weight is 242 g/mol. The maximum atomic E-state index is 12.0. The first-order valence-corrected chi connectivity index (χ1v) is 6.47. The molecule has 1 N–H and O–H groups in total. The van der Waals surface area contributed by atoms with Crippen molar-refractivity contribution in [2.24, 2.45) is 0 Å². The van der Waals surface area contributed by atoms with Gasteiger partial charge in [0.15, 0.2) is 0 Å². The lowest BCUT2D eigenvalue weighted by atomic mass is 10.1. The summed E-state index contributed by atoms with van der Waals surface area (Å²) in [5, 5.41) is 3.49. The Hall–Kier alpha value is -1.81. The quantitative estimate of drug-likeness (QED) is 0.527. The molecule has 1 aromatic carbocycles. The number of hydrogen-bond donors (Lipinski definition) is 1. The summed E-state index contributed by atoms with van der Waals surface area (Å²) < 4.78 is 0. The van der Waals surface area contributed by atoms with Crippen LogP contribution in [0.25, 0.3) is 21.7 Å². The minimum atomic E-state index is -0.0589. The van der Waals surface area contributed by atoms with Crippen LogP contribution in [-0.4, -0.2) is 16.2 Å². The van der Waals surface area contributed by atoms with Crippen molar-refractivity contribution in [2.75, 3.05) is 6.26 Å². The minimum Gasteiger partial charge on any atom is -0.321 e. The fourth-order valence-corrected chi connectivity index (χ4v) is 2.36. The van der Waals surface area contributed by atoms with Crippen LogP contribution in [0.3, 0.4) is 0 Å². The lowest BCUT2D eigenvalue weighted by Crippen LogP contribution is -2.06. The molecule has 0 fully saturated rings. The Bertz CT molecular complexity index is 764. The predicted octanol–water partition coefficient (Wildman–Crippen LogP) is 2.80. The second kappa shape index (κ2) is 3.89. The molecule has 84 valence electrons. The van der Waals surface area contributed by atoms with Crippen molar-refractivity contribution < 1.29 is 0 Å². The van der Waals surface area contributed by atoms with Gasteiger partial charge in [-0.3, -0.25) is 4.79 Å². The lowest BCUT2D eigenvalue weighted by molar-refractivity contribution is 1.16. The average Bonchev–Trinajstić information content (AvgIpc) is 2.38. The standard InChI is InChI=1S/C13H10N2OS/c1-17-12-6-9-10(7-14-12)8-4-2-3-5-11(8)15-13(9)16/h2-7H,1H3,(H,15,16). The summed E-state index contributed by atoms with van der Waals surface area (Å²) in [5.41, 5.74) is 0.792. The molecule has 3 aromatic rings. The number of hydrogen-bond acceptors (Lipinski definition) is 3. The molecule has 2 heterocycles. The van der Waals surface area contributed by atoms with Gasteiger partial charge in [-0.1, -0.05) is 18.2 Å². The largest absolute Gasteiger partial charge is 0.321 e. The summed E-state index contributed by atoms with van der Waals surface area (Å²) in [6.45, 7) is 0. The molecule has 2 aromatic heterocycles. The molecule has 0 atom stereocenters. The van der Waals surface area contributed by atoms with Crippen LogP contribution in [0.2, 0.25) is 0 Å². The Balaban J connectivity index is 2.54. The van der Waals surface area contributed by atoms with Crippen molar-refractivity contribution in [2.45, 2.75) is 5.03 Å². The third-order valence-electron chi connectivity index (χ3n) is 2.80. The summed E-state index contributed by atoms with van der Waals surface area (Å²) in [6, 6.07) is 9.61. The van der Waals surface area contributed by atoms with E-state index in [4.69, 9.17) is 0 Å². The van der Waals surface area contributed by atoms with Crippen molar-refractivity contribution in [3.05, 3.63) is 46.9 Å². The van der Waals surface area contributed by atoms with Crippen LogP contribution in [0.15, 0.2) is 46.3 Å². The molecule has 0 saturated heterocycles. The van der Waals surface area contributed by atoms with E-state index in [-0.39, 0.29) is 5.56 Å². The van der Waals surface area contributed by atoms with Crippen LogP contribution in [0.4, 0.5) is 0 Å². The van der Waals surface area contributed by atoms with Crippen LogP contribution in [0.1, 0.15) is 0 Å². The van der Waals surface area contributed by atoms with Gasteiger partial charge < -0.3 is 4.98 Å². The first kappa shape index (κ1) is 10.4. The van der Waals surface area contributed by atoms with E-state index in [1.807, 2.05) is 36.6 Å². The van der Waals surface area contributed by atoms with Gasteiger partial charge in [0.25, 0.3) is 5.56 Å². The Morgan fingerprint density at radius 2 is 2.00 bits per heavy atom. The Morgan fingerprint density at radius 1 is 1.18 bits per heavy atom. The molecule has 17 heavy (non-hydrogen) atoms. The number of rotatable bonds is 1. The molecule has 0 radical (unpaired) electrons. The molecule has 0 spiro atoms. The Kier molecular flexibility index (Phi) is 2.37. The van der Waals surface area contributed by atoms with E-state index in [0.29, 0.717) is 5.39 Å². The topological polar surface area (TPSA) is 45.8 Å². The van der Waals surface area contributed by atoms with Crippen LogP contribution in [0, 0.1) is 0 Å². The second-order valence-electron chi connectivity index (χ2n) is 3.77. The number of pyridine rings is 2. The van der Waals surface area contributed by atoms with E-state index in [9.17, 15) is 4.79 Å². The molecule has 3 nitrogen and oxygen atoms in total. The van der Waals surface area contributed by atoms with Crippen molar-refractivity contribution in [1.82, 2.24) is 9.97 Å². The first-order valence-electron chi connectivity index (χ1n) is 5.24. The highest BCUT2D eigenvalue weighted by Crippen LogP contribution is 2.22. The highest BCUT2D eigenvalue weighted by Gasteiger charge is 2.05. The fourth-order valence-electron chi connectivity index (χ4n) is 1.97. The number of nitrogens with zero attached hydrogens (tertiary/aromatic N) is 1.